The van der Waals surface area contributed by atoms with Gasteiger partial charge < -0.3 is 39.7 Å². The SMILES string of the molecule is NCCCCC(N)NC(=O)CCC(N)N(CCN)C(N)CCN. The van der Waals surface area contributed by atoms with E-state index < -0.39 is 0 Å². The highest BCUT2D eigenvalue weighted by Crippen LogP contribution is 2.06. The molecule has 0 saturated heterocycles. The highest BCUT2D eigenvalue weighted by atomic mass is 16.1. The number of nitrogens with one attached hydrogen (secondary N) is 1. The van der Waals surface area contributed by atoms with Gasteiger partial charge in [0.1, 0.15) is 0 Å². The van der Waals surface area contributed by atoms with Gasteiger partial charge in [-0.3, -0.25) is 9.69 Å². The summed E-state index contributed by atoms with van der Waals surface area (Å²) in [4.78, 5) is 13.8. The van der Waals surface area contributed by atoms with Gasteiger partial charge in [0.25, 0.3) is 0 Å². The predicted molar refractivity (Wildman–Crippen MR) is 93.6 cm³/mol. The Balaban J connectivity index is 4.16. The first kappa shape index (κ1) is 22.2. The highest BCUT2D eigenvalue weighted by Gasteiger charge is 2.20. The lowest BCUT2D eigenvalue weighted by atomic mass is 10.1. The third kappa shape index (κ3) is 10.6. The fourth-order valence-electron chi connectivity index (χ4n) is 2.37. The van der Waals surface area contributed by atoms with Crippen molar-refractivity contribution in [3.8, 4) is 0 Å². The predicted octanol–water partition coefficient (Wildman–Crippen LogP) is -2.52. The average molecular weight is 332 g/mol. The van der Waals surface area contributed by atoms with Gasteiger partial charge in [-0.25, -0.2) is 0 Å². The molecular formula is C14H36N8O. The highest BCUT2D eigenvalue weighted by molar-refractivity contribution is 5.76. The number of rotatable bonds is 14. The maximum Gasteiger partial charge on any atom is 0.221 e. The number of amides is 1. The number of nitrogens with two attached hydrogens (primary N) is 6. The molecule has 9 nitrogen and oxygen atoms in total. The van der Waals surface area contributed by atoms with Crippen LogP contribution in [0.5, 0.6) is 0 Å². The molecular weight excluding hydrogens is 296 g/mol. The van der Waals surface area contributed by atoms with Crippen LogP contribution in [0.15, 0.2) is 0 Å². The van der Waals surface area contributed by atoms with Crippen LogP contribution >= 0.6 is 0 Å². The molecule has 0 saturated carbocycles. The summed E-state index contributed by atoms with van der Waals surface area (Å²) >= 11 is 0. The standard InChI is InChI=1S/C14H36N8O/c15-7-2-1-3-11(18)21-14(23)5-4-12(19)22(10-9-17)13(20)6-8-16/h11-13H,1-10,15-20H2,(H,21,23). The Bertz CT molecular complexity index is 305. The third-order valence-corrected chi connectivity index (χ3v) is 3.68. The zero-order valence-corrected chi connectivity index (χ0v) is 14.1. The Hall–Kier alpha value is -0.810. The summed E-state index contributed by atoms with van der Waals surface area (Å²) in [5, 5.41) is 2.77. The maximum atomic E-state index is 11.9. The largest absolute Gasteiger partial charge is 0.341 e. The molecule has 3 atom stereocenters. The molecule has 0 heterocycles. The van der Waals surface area contributed by atoms with E-state index in [0.717, 1.165) is 19.3 Å². The topological polar surface area (TPSA) is 188 Å². The van der Waals surface area contributed by atoms with Gasteiger partial charge in [-0.1, -0.05) is 0 Å². The van der Waals surface area contributed by atoms with Gasteiger partial charge in [0, 0.05) is 19.5 Å². The van der Waals surface area contributed by atoms with Gasteiger partial charge in [0.2, 0.25) is 5.91 Å². The molecule has 3 unspecified atom stereocenters. The Kier molecular flexibility index (Phi) is 13.1. The molecule has 0 aliphatic heterocycles. The molecule has 0 aromatic rings. The third-order valence-electron chi connectivity index (χ3n) is 3.68. The van der Waals surface area contributed by atoms with Crippen LogP contribution in [0.3, 0.4) is 0 Å². The summed E-state index contributed by atoms with van der Waals surface area (Å²) in [7, 11) is 0. The van der Waals surface area contributed by atoms with Crippen LogP contribution in [-0.4, -0.2) is 55.5 Å². The van der Waals surface area contributed by atoms with Gasteiger partial charge in [-0.2, -0.15) is 0 Å². The second kappa shape index (κ2) is 13.6. The monoisotopic (exact) mass is 332 g/mol. The van der Waals surface area contributed by atoms with Crippen molar-refractivity contribution < 1.29 is 4.79 Å². The van der Waals surface area contributed by atoms with E-state index in [1.54, 1.807) is 0 Å². The lowest BCUT2D eigenvalue weighted by Crippen LogP contribution is -2.54. The van der Waals surface area contributed by atoms with Crippen molar-refractivity contribution >= 4 is 5.91 Å². The maximum absolute atomic E-state index is 11.9. The molecule has 23 heavy (non-hydrogen) atoms. The molecule has 1 amide bonds. The molecule has 0 radical (unpaired) electrons. The summed E-state index contributed by atoms with van der Waals surface area (Å²) in [6, 6.07) is 0. The molecule has 9 heteroatoms. The zero-order chi connectivity index (χ0) is 17.7. The van der Waals surface area contributed by atoms with Crippen LogP contribution in [0.1, 0.15) is 38.5 Å². The number of nitrogens with zero attached hydrogens (tertiary/aromatic N) is 1. The van der Waals surface area contributed by atoms with Crippen molar-refractivity contribution in [2.24, 2.45) is 34.4 Å². The minimum absolute atomic E-state index is 0.110. The van der Waals surface area contributed by atoms with Gasteiger partial charge >= 0.3 is 0 Å². The number of carbonyl (C=O) groups is 1. The van der Waals surface area contributed by atoms with Crippen molar-refractivity contribution in [3.05, 3.63) is 0 Å². The molecule has 0 fully saturated rings. The first-order valence-electron chi connectivity index (χ1n) is 8.38. The van der Waals surface area contributed by atoms with E-state index in [4.69, 9.17) is 34.4 Å². The fourth-order valence-corrected chi connectivity index (χ4v) is 2.37. The van der Waals surface area contributed by atoms with E-state index in [9.17, 15) is 4.79 Å². The molecule has 13 N–H and O–H groups in total. The molecule has 0 rings (SSSR count). The lowest BCUT2D eigenvalue weighted by molar-refractivity contribution is -0.122. The zero-order valence-electron chi connectivity index (χ0n) is 14.1. The number of carbonyl (C=O) groups excluding carboxylic acids is 1. The van der Waals surface area contributed by atoms with Crippen LogP contribution in [0.2, 0.25) is 0 Å². The molecule has 0 spiro atoms. The molecule has 0 bridgehead atoms. The van der Waals surface area contributed by atoms with E-state index >= 15 is 0 Å². The quantitative estimate of drug-likeness (QED) is 0.134. The van der Waals surface area contributed by atoms with Gasteiger partial charge in [0.05, 0.1) is 18.5 Å². The van der Waals surface area contributed by atoms with Crippen LogP contribution in [0.4, 0.5) is 0 Å². The van der Waals surface area contributed by atoms with Crippen LogP contribution < -0.4 is 39.7 Å². The van der Waals surface area contributed by atoms with Crippen molar-refractivity contribution in [1.82, 2.24) is 10.2 Å². The summed E-state index contributed by atoms with van der Waals surface area (Å²) in [6.07, 6.45) is 3.00. The van der Waals surface area contributed by atoms with E-state index in [0.29, 0.717) is 45.4 Å². The van der Waals surface area contributed by atoms with Crippen molar-refractivity contribution in [3.63, 3.8) is 0 Å². The summed E-state index contributed by atoms with van der Waals surface area (Å²) < 4.78 is 0. The summed E-state index contributed by atoms with van der Waals surface area (Å²) in [6.45, 7) is 2.13. The van der Waals surface area contributed by atoms with Crippen LogP contribution in [-0.2, 0) is 4.79 Å². The minimum atomic E-state index is -0.343. The number of hydrogen-bond acceptors (Lipinski definition) is 8. The van der Waals surface area contributed by atoms with E-state index in [-0.39, 0.29) is 24.4 Å². The molecule has 138 valence electrons. The Morgan fingerprint density at radius 3 is 2.09 bits per heavy atom. The first-order valence-corrected chi connectivity index (χ1v) is 8.38. The van der Waals surface area contributed by atoms with Crippen molar-refractivity contribution in [1.29, 1.82) is 0 Å². The van der Waals surface area contributed by atoms with E-state index in [1.807, 2.05) is 4.90 Å². The molecule has 0 aromatic carbocycles. The van der Waals surface area contributed by atoms with Crippen molar-refractivity contribution in [2.75, 3.05) is 26.2 Å². The number of unbranched alkanes of at least 4 members (excludes halogenated alkanes) is 1. The summed E-state index contributed by atoms with van der Waals surface area (Å²) in [5.41, 5.74) is 34.6. The van der Waals surface area contributed by atoms with Gasteiger partial charge in [-0.05, 0) is 45.2 Å². The smallest absolute Gasteiger partial charge is 0.221 e. The Labute approximate surface area is 139 Å². The fraction of sp³-hybridized carbons (Fsp3) is 0.929. The van der Waals surface area contributed by atoms with Crippen molar-refractivity contribution in [2.45, 2.75) is 57.0 Å². The molecule has 0 aromatic heterocycles. The van der Waals surface area contributed by atoms with Gasteiger partial charge in [0.15, 0.2) is 0 Å². The second-order valence-corrected chi connectivity index (χ2v) is 5.74. The molecule has 0 aliphatic rings. The lowest BCUT2D eigenvalue weighted by Gasteiger charge is -2.33. The average Bonchev–Trinajstić information content (AvgIpc) is 2.50. The Morgan fingerprint density at radius 1 is 0.870 bits per heavy atom. The Morgan fingerprint density at radius 2 is 1.52 bits per heavy atom. The van der Waals surface area contributed by atoms with Crippen LogP contribution in [0, 0.1) is 0 Å². The summed E-state index contributed by atoms with van der Waals surface area (Å²) in [5.74, 6) is -0.110. The molecule has 0 aliphatic carbocycles. The van der Waals surface area contributed by atoms with Gasteiger partial charge in [-0.15, -0.1) is 0 Å². The second-order valence-electron chi connectivity index (χ2n) is 5.74. The normalized spacial score (nSPS) is 15.4. The minimum Gasteiger partial charge on any atom is -0.341 e. The van der Waals surface area contributed by atoms with E-state index in [1.165, 1.54) is 0 Å². The van der Waals surface area contributed by atoms with Crippen LogP contribution in [0.25, 0.3) is 0 Å². The first-order chi connectivity index (χ1) is 11.0. The van der Waals surface area contributed by atoms with E-state index in [2.05, 4.69) is 5.32 Å². The number of hydrogen-bond donors (Lipinski definition) is 7.